The van der Waals surface area contributed by atoms with Gasteiger partial charge < -0.3 is 18.5 Å². The van der Waals surface area contributed by atoms with Gasteiger partial charge in [0.25, 0.3) is 5.56 Å². The molecule has 1 amide bonds. The van der Waals surface area contributed by atoms with Crippen LogP contribution in [-0.2, 0) is 13.6 Å². The van der Waals surface area contributed by atoms with Crippen molar-refractivity contribution >= 4 is 39.7 Å². The standard InChI is InChI=1S/C27H49N5O5Si2/c1-16(2)23(34)30-25-29-22-19(24(35)31-25)28-15-32(22)18-13-17(14-33)20(36-38(9,10)26(3,4)5)21(18)37-39(11,12)27(6,7)8/h15-18,20-21,33H,13-14H2,1-12H3,(H2,29,30,31,34,35)/t17-,18-,20-,21+/m1/s1. The van der Waals surface area contributed by atoms with Gasteiger partial charge in [-0.2, -0.15) is 4.98 Å². The van der Waals surface area contributed by atoms with Crippen molar-refractivity contribution in [1.82, 2.24) is 19.5 Å². The summed E-state index contributed by atoms with van der Waals surface area (Å²) in [4.78, 5) is 36.9. The van der Waals surface area contributed by atoms with E-state index in [1.807, 2.05) is 4.57 Å². The molecule has 12 heteroatoms. The normalized spacial score (nSPS) is 23.1. The molecule has 39 heavy (non-hydrogen) atoms. The molecule has 0 aromatic carbocycles. The molecule has 1 aliphatic carbocycles. The number of fused-ring (bicyclic) bond motifs is 1. The van der Waals surface area contributed by atoms with Gasteiger partial charge >= 0.3 is 0 Å². The average molecular weight is 580 g/mol. The van der Waals surface area contributed by atoms with Crippen molar-refractivity contribution < 1.29 is 18.8 Å². The average Bonchev–Trinajstić information content (AvgIpc) is 3.33. The summed E-state index contributed by atoms with van der Waals surface area (Å²) in [6, 6.07) is -0.265. The van der Waals surface area contributed by atoms with Crippen LogP contribution in [0.3, 0.4) is 0 Å². The van der Waals surface area contributed by atoms with E-state index < -0.39 is 22.2 Å². The lowest BCUT2D eigenvalue weighted by Gasteiger charge is -2.45. The summed E-state index contributed by atoms with van der Waals surface area (Å²) in [6.07, 6.45) is 1.51. The second-order valence-corrected chi connectivity index (χ2v) is 23.8. The minimum atomic E-state index is -2.28. The minimum Gasteiger partial charge on any atom is -0.411 e. The smallest absolute Gasteiger partial charge is 0.280 e. The van der Waals surface area contributed by atoms with Gasteiger partial charge in [-0.1, -0.05) is 55.4 Å². The highest BCUT2D eigenvalue weighted by Gasteiger charge is 2.53. The van der Waals surface area contributed by atoms with E-state index in [1.165, 1.54) is 0 Å². The molecule has 0 bridgehead atoms. The summed E-state index contributed by atoms with van der Waals surface area (Å²) in [7, 11) is -4.50. The van der Waals surface area contributed by atoms with Crippen LogP contribution in [0.4, 0.5) is 5.95 Å². The number of hydrogen-bond donors (Lipinski definition) is 3. The molecule has 4 atom stereocenters. The number of H-pyrrole nitrogens is 1. The van der Waals surface area contributed by atoms with E-state index in [0.29, 0.717) is 12.1 Å². The predicted octanol–water partition coefficient (Wildman–Crippen LogP) is 5.05. The number of hydrogen-bond acceptors (Lipinski definition) is 7. The highest BCUT2D eigenvalue weighted by Crippen LogP contribution is 2.48. The van der Waals surface area contributed by atoms with Crippen LogP contribution in [0.2, 0.25) is 36.3 Å². The molecule has 2 heterocycles. The first-order chi connectivity index (χ1) is 17.7. The summed E-state index contributed by atoms with van der Waals surface area (Å²) < 4.78 is 16.0. The molecule has 2 aromatic heterocycles. The predicted molar refractivity (Wildman–Crippen MR) is 160 cm³/mol. The fourth-order valence-electron chi connectivity index (χ4n) is 4.35. The van der Waals surface area contributed by atoms with Crippen molar-refractivity contribution in [3.63, 3.8) is 0 Å². The Balaban J connectivity index is 2.15. The maximum Gasteiger partial charge on any atom is 0.280 e. The first-order valence-electron chi connectivity index (χ1n) is 13.9. The summed E-state index contributed by atoms with van der Waals surface area (Å²) in [6.45, 7) is 25.6. The van der Waals surface area contributed by atoms with Crippen LogP contribution in [-0.4, -0.2) is 66.0 Å². The molecule has 0 unspecified atom stereocenters. The molecule has 1 fully saturated rings. The number of carbonyl (C=O) groups excluding carboxylic acids is 1. The molecule has 0 spiro atoms. The fraction of sp³-hybridized carbons (Fsp3) is 0.778. The number of nitrogens with zero attached hydrogens (tertiary/aromatic N) is 3. The van der Waals surface area contributed by atoms with Crippen LogP contribution in [0.1, 0.15) is 67.9 Å². The van der Waals surface area contributed by atoms with Gasteiger partial charge in [0.15, 0.2) is 27.8 Å². The van der Waals surface area contributed by atoms with E-state index >= 15 is 0 Å². The van der Waals surface area contributed by atoms with E-state index in [-0.39, 0.29) is 64.1 Å². The highest BCUT2D eigenvalue weighted by molar-refractivity contribution is 6.74. The maximum absolute atomic E-state index is 12.9. The molecular weight excluding hydrogens is 530 g/mol. The number of anilines is 1. The molecule has 3 N–H and O–H groups in total. The number of aromatic amines is 1. The third kappa shape index (κ3) is 6.40. The summed E-state index contributed by atoms with van der Waals surface area (Å²) in [5.74, 6) is -0.586. The van der Waals surface area contributed by atoms with Gasteiger partial charge in [0.2, 0.25) is 11.9 Å². The molecule has 1 aliphatic rings. The zero-order chi connectivity index (χ0) is 29.7. The number of nitrogens with one attached hydrogen (secondary N) is 2. The van der Waals surface area contributed by atoms with Crippen LogP contribution < -0.4 is 10.9 Å². The summed E-state index contributed by atoms with van der Waals surface area (Å²) >= 11 is 0. The van der Waals surface area contributed by atoms with Crippen LogP contribution in [0.5, 0.6) is 0 Å². The highest BCUT2D eigenvalue weighted by atomic mass is 28.4. The molecule has 1 saturated carbocycles. The zero-order valence-electron chi connectivity index (χ0n) is 25.8. The zero-order valence-corrected chi connectivity index (χ0v) is 27.8. The molecule has 2 aromatic rings. The molecule has 220 valence electrons. The monoisotopic (exact) mass is 579 g/mol. The van der Waals surface area contributed by atoms with Crippen LogP contribution in [0.15, 0.2) is 11.1 Å². The molecule has 0 radical (unpaired) electrons. The number of aromatic nitrogens is 4. The second-order valence-electron chi connectivity index (χ2n) is 14.3. The van der Waals surface area contributed by atoms with Gasteiger partial charge in [0, 0.05) is 18.4 Å². The fourth-order valence-corrected chi connectivity index (χ4v) is 7.03. The number of amides is 1. The van der Waals surface area contributed by atoms with Crippen molar-refractivity contribution in [2.45, 2.75) is 116 Å². The van der Waals surface area contributed by atoms with Gasteiger partial charge in [0.05, 0.1) is 24.6 Å². The Kier molecular flexibility index (Phi) is 8.80. The van der Waals surface area contributed by atoms with Gasteiger partial charge in [0.1, 0.15) is 0 Å². The second kappa shape index (κ2) is 10.8. The molecule has 10 nitrogen and oxygen atoms in total. The lowest BCUT2D eigenvalue weighted by atomic mass is 10.1. The Morgan fingerprint density at radius 1 is 1.10 bits per heavy atom. The van der Waals surface area contributed by atoms with E-state index in [2.05, 4.69) is 88.0 Å². The number of imidazole rings is 1. The first-order valence-corrected chi connectivity index (χ1v) is 19.8. The molecule has 3 rings (SSSR count). The van der Waals surface area contributed by atoms with E-state index in [9.17, 15) is 14.7 Å². The van der Waals surface area contributed by atoms with Gasteiger partial charge in [-0.05, 0) is 42.7 Å². The summed E-state index contributed by atoms with van der Waals surface area (Å²) in [5, 5.41) is 13.2. The third-order valence-electron chi connectivity index (χ3n) is 8.98. The van der Waals surface area contributed by atoms with Gasteiger partial charge in [-0.15, -0.1) is 0 Å². The van der Waals surface area contributed by atoms with E-state index in [1.54, 1.807) is 20.2 Å². The van der Waals surface area contributed by atoms with E-state index in [4.69, 9.17) is 8.85 Å². The molecular formula is C27H49N5O5Si2. The Morgan fingerprint density at radius 3 is 2.13 bits per heavy atom. The lowest BCUT2D eigenvalue weighted by Crippen LogP contribution is -2.53. The van der Waals surface area contributed by atoms with Crippen LogP contribution in [0.25, 0.3) is 11.2 Å². The van der Waals surface area contributed by atoms with Crippen molar-refractivity contribution in [2.75, 3.05) is 11.9 Å². The van der Waals surface area contributed by atoms with Crippen molar-refractivity contribution in [2.24, 2.45) is 11.8 Å². The minimum absolute atomic E-state index is 0.0211. The van der Waals surface area contributed by atoms with Gasteiger partial charge in [-0.3, -0.25) is 19.9 Å². The van der Waals surface area contributed by atoms with Crippen LogP contribution in [0, 0.1) is 11.8 Å². The maximum atomic E-state index is 12.9. The SMILES string of the molecule is CC(C)C(=O)Nc1nc2c(ncn2[C@@H]2C[C@H](CO)[C@@H](O[Si](C)(C)C(C)(C)C)[C@H]2O[Si](C)(C)C(C)(C)C)c(=O)[nH]1. The van der Waals surface area contributed by atoms with Crippen molar-refractivity contribution in [3.05, 3.63) is 16.7 Å². The topological polar surface area (TPSA) is 131 Å². The Labute approximate surface area is 234 Å². The van der Waals surface area contributed by atoms with Crippen molar-refractivity contribution in [3.8, 4) is 0 Å². The largest absolute Gasteiger partial charge is 0.411 e. The van der Waals surface area contributed by atoms with Crippen LogP contribution >= 0.6 is 0 Å². The Morgan fingerprint density at radius 2 is 1.64 bits per heavy atom. The first kappa shape index (κ1) is 31.7. The third-order valence-corrected chi connectivity index (χ3v) is 17.9. The van der Waals surface area contributed by atoms with Crippen molar-refractivity contribution in [1.29, 1.82) is 0 Å². The number of rotatable bonds is 8. The molecule has 0 saturated heterocycles. The van der Waals surface area contributed by atoms with Gasteiger partial charge in [-0.25, -0.2) is 4.98 Å². The lowest BCUT2D eigenvalue weighted by molar-refractivity contribution is -0.118. The number of aliphatic hydroxyl groups is 1. The summed E-state index contributed by atoms with van der Waals surface area (Å²) in [5.41, 5.74) is 0.139. The number of carbonyl (C=O) groups is 1. The number of aliphatic hydroxyl groups excluding tert-OH is 1. The van der Waals surface area contributed by atoms with E-state index in [0.717, 1.165) is 0 Å². The Bertz CT molecular complexity index is 1240. The quantitative estimate of drug-likeness (QED) is 0.373. The Hall–Kier alpha value is -1.87. The molecule has 0 aliphatic heterocycles.